The molecule has 1 aromatic heterocycles. The van der Waals surface area contributed by atoms with Gasteiger partial charge in [-0.05, 0) is 24.0 Å². The minimum absolute atomic E-state index is 0.365. The van der Waals surface area contributed by atoms with Crippen LogP contribution in [0.25, 0.3) is 0 Å². The molecule has 0 spiro atoms. The zero-order valence-electron chi connectivity index (χ0n) is 11.1. The fourth-order valence-electron chi connectivity index (χ4n) is 1.80. The molecule has 2 rings (SSSR count). The molecule has 0 aliphatic rings. The third-order valence-electron chi connectivity index (χ3n) is 3.11. The molecule has 5 nitrogen and oxygen atoms in total. The van der Waals surface area contributed by atoms with E-state index in [9.17, 15) is 0 Å². The number of aromatic nitrogens is 2. The second kappa shape index (κ2) is 6.49. The fourth-order valence-corrected chi connectivity index (χ4v) is 2.28. The van der Waals surface area contributed by atoms with Gasteiger partial charge in [-0.15, -0.1) is 5.10 Å². The van der Waals surface area contributed by atoms with Gasteiger partial charge in [0.1, 0.15) is 18.1 Å². The first-order valence-electron chi connectivity index (χ1n) is 6.25. The zero-order valence-corrected chi connectivity index (χ0v) is 11.9. The highest BCUT2D eigenvalue weighted by atomic mass is 32.1. The number of nitrogens with one attached hydrogen (secondary N) is 1. The smallest absolute Gasteiger partial charge is 0.150 e. The molecule has 0 amide bonds. The van der Waals surface area contributed by atoms with Crippen molar-refractivity contribution in [2.24, 2.45) is 5.84 Å². The van der Waals surface area contributed by atoms with E-state index in [0.29, 0.717) is 12.5 Å². The molecule has 3 N–H and O–H groups in total. The van der Waals surface area contributed by atoms with E-state index in [0.717, 1.165) is 22.9 Å². The van der Waals surface area contributed by atoms with Crippen molar-refractivity contribution in [3.63, 3.8) is 0 Å². The van der Waals surface area contributed by atoms with Crippen LogP contribution in [0, 0.1) is 0 Å². The van der Waals surface area contributed by atoms with Crippen molar-refractivity contribution in [2.45, 2.75) is 32.8 Å². The summed E-state index contributed by atoms with van der Waals surface area (Å²) in [6, 6.07) is 8.09. The van der Waals surface area contributed by atoms with Gasteiger partial charge in [0.2, 0.25) is 0 Å². The van der Waals surface area contributed by atoms with Gasteiger partial charge in [0.25, 0.3) is 0 Å². The van der Waals surface area contributed by atoms with E-state index < -0.39 is 0 Å². The largest absolute Gasteiger partial charge is 0.487 e. The molecule has 6 heteroatoms. The zero-order chi connectivity index (χ0) is 13.7. The van der Waals surface area contributed by atoms with Crippen molar-refractivity contribution in [1.29, 1.82) is 0 Å². The first kappa shape index (κ1) is 13.8. The number of anilines is 1. The monoisotopic (exact) mass is 278 g/mol. The third-order valence-corrected chi connectivity index (χ3v) is 3.81. The Morgan fingerprint density at radius 3 is 2.95 bits per heavy atom. The van der Waals surface area contributed by atoms with Gasteiger partial charge in [-0.3, -0.25) is 0 Å². The first-order chi connectivity index (χ1) is 9.26. The Morgan fingerprint density at radius 2 is 2.21 bits per heavy atom. The van der Waals surface area contributed by atoms with Gasteiger partial charge in [-0.1, -0.05) is 36.5 Å². The number of nitrogens with two attached hydrogens (primary N) is 1. The van der Waals surface area contributed by atoms with Crippen molar-refractivity contribution in [3.05, 3.63) is 35.5 Å². The predicted molar refractivity (Wildman–Crippen MR) is 77.2 cm³/mol. The highest BCUT2D eigenvalue weighted by molar-refractivity contribution is 7.10. The van der Waals surface area contributed by atoms with Crippen LogP contribution in [0.2, 0.25) is 0 Å². The van der Waals surface area contributed by atoms with Crippen LogP contribution in [-0.4, -0.2) is 9.59 Å². The van der Waals surface area contributed by atoms with Crippen molar-refractivity contribution < 1.29 is 4.74 Å². The number of nitrogens with zero attached hydrogens (tertiary/aromatic N) is 2. The standard InChI is InChI=1S/C13H18N4OS/c1-3-9(2)10-6-4-5-7-12(10)18-8-11-13(15-14)19-17-16-11/h4-7,9,15H,3,8,14H2,1-2H3. The van der Waals surface area contributed by atoms with Gasteiger partial charge < -0.3 is 10.2 Å². The fraction of sp³-hybridized carbons (Fsp3) is 0.385. The Hall–Kier alpha value is -1.66. The maximum absolute atomic E-state index is 5.86. The lowest BCUT2D eigenvalue weighted by Gasteiger charge is -2.15. The summed E-state index contributed by atoms with van der Waals surface area (Å²) in [7, 11) is 0. The maximum atomic E-state index is 5.86. The molecule has 0 saturated carbocycles. The molecule has 0 radical (unpaired) electrons. The van der Waals surface area contributed by atoms with Gasteiger partial charge in [0.15, 0.2) is 5.00 Å². The van der Waals surface area contributed by atoms with Crippen LogP contribution in [0.4, 0.5) is 5.00 Å². The summed E-state index contributed by atoms with van der Waals surface area (Å²) in [5.41, 5.74) is 4.52. The Morgan fingerprint density at radius 1 is 1.42 bits per heavy atom. The number of hydrogen-bond acceptors (Lipinski definition) is 6. The lowest BCUT2D eigenvalue weighted by molar-refractivity contribution is 0.297. The third kappa shape index (κ3) is 3.21. The molecule has 0 aliphatic carbocycles. The second-order valence-corrected chi connectivity index (χ2v) is 5.08. The van der Waals surface area contributed by atoms with Crippen molar-refractivity contribution in [1.82, 2.24) is 9.59 Å². The van der Waals surface area contributed by atoms with E-state index in [1.165, 1.54) is 17.1 Å². The highest BCUT2D eigenvalue weighted by Gasteiger charge is 2.12. The van der Waals surface area contributed by atoms with Crippen LogP contribution in [0.1, 0.15) is 37.4 Å². The van der Waals surface area contributed by atoms with Crippen LogP contribution >= 0.6 is 11.5 Å². The Balaban J connectivity index is 2.11. The van der Waals surface area contributed by atoms with Crippen molar-refractivity contribution >= 4 is 16.5 Å². The van der Waals surface area contributed by atoms with Gasteiger partial charge in [0, 0.05) is 11.5 Å². The molecule has 0 fully saturated rings. The van der Waals surface area contributed by atoms with Crippen LogP contribution < -0.4 is 16.0 Å². The van der Waals surface area contributed by atoms with Crippen LogP contribution in [0.5, 0.6) is 5.75 Å². The second-order valence-electron chi connectivity index (χ2n) is 4.33. The average Bonchev–Trinajstić information content (AvgIpc) is 2.92. The van der Waals surface area contributed by atoms with Gasteiger partial charge in [-0.25, -0.2) is 5.84 Å². The van der Waals surface area contributed by atoms with E-state index in [1.807, 2.05) is 18.2 Å². The van der Waals surface area contributed by atoms with Crippen LogP contribution in [-0.2, 0) is 6.61 Å². The van der Waals surface area contributed by atoms with E-state index >= 15 is 0 Å². The van der Waals surface area contributed by atoms with Crippen LogP contribution in [0.15, 0.2) is 24.3 Å². The number of ether oxygens (including phenoxy) is 1. The molecule has 0 saturated heterocycles. The summed E-state index contributed by atoms with van der Waals surface area (Å²) in [6.45, 7) is 4.73. The van der Waals surface area contributed by atoms with Gasteiger partial charge in [0.05, 0.1) is 0 Å². The molecule has 1 heterocycles. The molecule has 2 aromatic rings. The van der Waals surface area contributed by atoms with E-state index in [-0.39, 0.29) is 0 Å². The summed E-state index contributed by atoms with van der Waals surface area (Å²) < 4.78 is 9.70. The number of hydrazine groups is 1. The number of para-hydroxylation sites is 1. The van der Waals surface area contributed by atoms with E-state index in [1.54, 1.807) is 0 Å². The Bertz CT molecular complexity index is 529. The molecule has 0 aliphatic heterocycles. The number of benzene rings is 1. The number of hydrogen-bond donors (Lipinski definition) is 2. The lowest BCUT2D eigenvalue weighted by atomic mass is 9.98. The predicted octanol–water partition coefficient (Wildman–Crippen LogP) is 2.92. The van der Waals surface area contributed by atoms with Crippen LogP contribution in [0.3, 0.4) is 0 Å². The average molecular weight is 278 g/mol. The minimum Gasteiger partial charge on any atom is -0.487 e. The number of nitrogen functional groups attached to an aromatic ring is 1. The Labute approximate surface area is 116 Å². The summed E-state index contributed by atoms with van der Waals surface area (Å²) >= 11 is 1.22. The van der Waals surface area contributed by atoms with Crippen molar-refractivity contribution in [2.75, 3.05) is 5.43 Å². The molecule has 1 atom stereocenters. The molecule has 102 valence electrons. The molecular weight excluding hydrogens is 260 g/mol. The summed E-state index contributed by atoms with van der Waals surface area (Å²) in [5.74, 6) is 6.75. The highest BCUT2D eigenvalue weighted by Crippen LogP contribution is 2.29. The molecule has 1 unspecified atom stereocenters. The van der Waals surface area contributed by atoms with Gasteiger partial charge >= 0.3 is 0 Å². The molecule has 0 bridgehead atoms. The summed E-state index contributed by atoms with van der Waals surface area (Å²) in [6.07, 6.45) is 1.08. The van der Waals surface area contributed by atoms with E-state index in [4.69, 9.17) is 10.6 Å². The lowest BCUT2D eigenvalue weighted by Crippen LogP contribution is -2.09. The normalized spacial score (nSPS) is 12.2. The SMILES string of the molecule is CCC(C)c1ccccc1OCc1nnsc1NN. The van der Waals surface area contributed by atoms with Crippen molar-refractivity contribution in [3.8, 4) is 5.75 Å². The summed E-state index contributed by atoms with van der Waals surface area (Å²) in [5, 5.41) is 4.73. The number of rotatable bonds is 6. The molecular formula is C13H18N4OS. The van der Waals surface area contributed by atoms with Gasteiger partial charge in [-0.2, -0.15) is 0 Å². The quantitative estimate of drug-likeness (QED) is 0.628. The molecule has 19 heavy (non-hydrogen) atoms. The topological polar surface area (TPSA) is 73.1 Å². The maximum Gasteiger partial charge on any atom is 0.150 e. The summed E-state index contributed by atoms with van der Waals surface area (Å²) in [4.78, 5) is 0. The van der Waals surface area contributed by atoms with E-state index in [2.05, 4.69) is 34.9 Å². The Kier molecular flexibility index (Phi) is 4.70. The first-order valence-corrected chi connectivity index (χ1v) is 7.03. The molecule has 1 aromatic carbocycles. The minimum atomic E-state index is 0.365.